The van der Waals surface area contributed by atoms with E-state index in [0.29, 0.717) is 0 Å². The molecule has 0 saturated carbocycles. The molecule has 1 aromatic rings. The van der Waals surface area contributed by atoms with Gasteiger partial charge >= 0.3 is 6.09 Å². The zero-order chi connectivity index (χ0) is 12.7. The van der Waals surface area contributed by atoms with Crippen LogP contribution in [0, 0.1) is 10.1 Å². The van der Waals surface area contributed by atoms with E-state index in [9.17, 15) is 24.5 Å². The Kier molecular flexibility index (Phi) is 2.13. The topological polar surface area (TPSA) is 118 Å². The number of amides is 3. The Balaban J connectivity index is 2.70. The van der Waals surface area contributed by atoms with Crippen LogP contribution >= 0.6 is 0 Å². The molecule has 1 heterocycles. The molecular weight excluding hydrogens is 232 g/mol. The molecule has 0 aliphatic carbocycles. The number of carbonyl (C=O) groups is 3. The normalized spacial score (nSPS) is 13.8. The van der Waals surface area contributed by atoms with Gasteiger partial charge < -0.3 is 5.11 Å². The second-order valence-electron chi connectivity index (χ2n) is 3.19. The van der Waals surface area contributed by atoms with Crippen LogP contribution < -0.4 is 0 Å². The van der Waals surface area contributed by atoms with Crippen LogP contribution in [-0.4, -0.2) is 32.8 Å². The van der Waals surface area contributed by atoms with Crippen molar-refractivity contribution < 1.29 is 24.4 Å². The van der Waals surface area contributed by atoms with E-state index in [1.54, 1.807) is 0 Å². The van der Waals surface area contributed by atoms with Crippen LogP contribution in [0.4, 0.5) is 10.5 Å². The smallest absolute Gasteiger partial charge is 0.421 e. The number of nitrogens with zero attached hydrogens (tertiary/aromatic N) is 2. The Morgan fingerprint density at radius 1 is 1.29 bits per heavy atom. The monoisotopic (exact) mass is 236 g/mol. The summed E-state index contributed by atoms with van der Waals surface area (Å²) in [7, 11) is 0. The lowest BCUT2D eigenvalue weighted by atomic mass is 10.1. The lowest BCUT2D eigenvalue weighted by Gasteiger charge is -2.04. The minimum atomic E-state index is -1.76. The van der Waals surface area contributed by atoms with Gasteiger partial charge in [-0.2, -0.15) is 4.90 Å². The maximum atomic E-state index is 11.6. The van der Waals surface area contributed by atoms with E-state index in [1.165, 1.54) is 12.1 Å². The lowest BCUT2D eigenvalue weighted by molar-refractivity contribution is -0.385. The molecule has 2 rings (SSSR count). The molecule has 17 heavy (non-hydrogen) atoms. The summed E-state index contributed by atoms with van der Waals surface area (Å²) in [6, 6.07) is 3.42. The number of benzene rings is 1. The van der Waals surface area contributed by atoms with Crippen LogP contribution in [0.1, 0.15) is 20.7 Å². The Labute approximate surface area is 93.2 Å². The van der Waals surface area contributed by atoms with E-state index in [4.69, 9.17) is 5.11 Å². The maximum absolute atomic E-state index is 11.6. The predicted molar refractivity (Wildman–Crippen MR) is 51.6 cm³/mol. The first-order valence-corrected chi connectivity index (χ1v) is 4.34. The molecule has 3 amide bonds. The van der Waals surface area contributed by atoms with E-state index in [2.05, 4.69) is 0 Å². The van der Waals surface area contributed by atoms with Gasteiger partial charge in [0.15, 0.2) is 0 Å². The van der Waals surface area contributed by atoms with Gasteiger partial charge in [-0.05, 0) is 6.07 Å². The molecule has 1 aliphatic heterocycles. The second-order valence-corrected chi connectivity index (χ2v) is 3.19. The van der Waals surface area contributed by atoms with Crippen molar-refractivity contribution in [3.05, 3.63) is 39.4 Å². The van der Waals surface area contributed by atoms with E-state index >= 15 is 0 Å². The first kappa shape index (κ1) is 10.7. The number of hydrogen-bond donors (Lipinski definition) is 1. The number of imide groups is 3. The lowest BCUT2D eigenvalue weighted by Crippen LogP contribution is -2.34. The van der Waals surface area contributed by atoms with Gasteiger partial charge in [-0.3, -0.25) is 19.7 Å². The highest BCUT2D eigenvalue weighted by molar-refractivity contribution is 6.29. The number of carbonyl (C=O) groups excluding carboxylic acids is 2. The van der Waals surface area contributed by atoms with E-state index in [-0.39, 0.29) is 10.5 Å². The van der Waals surface area contributed by atoms with Gasteiger partial charge in [0.1, 0.15) is 5.56 Å². The van der Waals surface area contributed by atoms with Gasteiger partial charge in [0.2, 0.25) is 0 Å². The molecule has 0 radical (unpaired) electrons. The van der Waals surface area contributed by atoms with Crippen molar-refractivity contribution in [1.29, 1.82) is 0 Å². The van der Waals surface area contributed by atoms with Crippen molar-refractivity contribution in [3.63, 3.8) is 0 Å². The van der Waals surface area contributed by atoms with Crippen molar-refractivity contribution in [2.24, 2.45) is 0 Å². The Hall–Kier alpha value is -2.77. The summed E-state index contributed by atoms with van der Waals surface area (Å²) in [6.07, 6.45) is -1.76. The Morgan fingerprint density at radius 2 is 1.94 bits per heavy atom. The van der Waals surface area contributed by atoms with Crippen molar-refractivity contribution in [1.82, 2.24) is 4.90 Å². The molecule has 0 fully saturated rings. The largest absolute Gasteiger partial charge is 0.464 e. The summed E-state index contributed by atoms with van der Waals surface area (Å²) in [5.74, 6) is -2.26. The molecule has 0 bridgehead atoms. The van der Waals surface area contributed by atoms with Crippen molar-refractivity contribution in [2.75, 3.05) is 0 Å². The summed E-state index contributed by atoms with van der Waals surface area (Å²) < 4.78 is 0. The first-order valence-electron chi connectivity index (χ1n) is 4.34. The maximum Gasteiger partial charge on any atom is 0.421 e. The predicted octanol–water partition coefficient (Wildman–Crippen LogP) is 0.869. The average molecular weight is 236 g/mol. The van der Waals surface area contributed by atoms with Crippen LogP contribution in [-0.2, 0) is 0 Å². The summed E-state index contributed by atoms with van der Waals surface area (Å²) in [5.41, 5.74) is -1.33. The Morgan fingerprint density at radius 3 is 2.47 bits per heavy atom. The fraction of sp³-hybridized carbons (Fsp3) is 0. The van der Waals surface area contributed by atoms with E-state index in [0.717, 1.165) is 6.07 Å². The highest BCUT2D eigenvalue weighted by atomic mass is 16.6. The third-order valence-electron chi connectivity index (χ3n) is 2.28. The molecule has 8 heteroatoms. The number of rotatable bonds is 1. The van der Waals surface area contributed by atoms with Crippen molar-refractivity contribution in [3.8, 4) is 0 Å². The number of hydrogen-bond acceptors (Lipinski definition) is 5. The van der Waals surface area contributed by atoms with Crippen LogP contribution in [0.15, 0.2) is 18.2 Å². The van der Waals surface area contributed by atoms with Crippen molar-refractivity contribution >= 4 is 23.6 Å². The SMILES string of the molecule is O=C(O)N1C(=O)c2cccc([N+](=O)[O-])c2C1=O. The summed E-state index contributed by atoms with van der Waals surface area (Å²) in [6.45, 7) is 0. The minimum Gasteiger partial charge on any atom is -0.464 e. The molecular formula is C9H4N2O6. The fourth-order valence-corrected chi connectivity index (χ4v) is 1.59. The van der Waals surface area contributed by atoms with Crippen LogP contribution in [0.25, 0.3) is 0 Å². The third kappa shape index (κ3) is 1.34. The first-order chi connectivity index (χ1) is 7.95. The van der Waals surface area contributed by atoms with Crippen LogP contribution in [0.5, 0.6) is 0 Å². The molecule has 1 aliphatic rings. The molecule has 0 atom stereocenters. The molecule has 8 nitrogen and oxygen atoms in total. The number of nitro benzene ring substituents is 1. The molecule has 1 N–H and O–H groups in total. The number of carboxylic acid groups (broad SMARTS) is 1. The van der Waals surface area contributed by atoms with E-state index < -0.39 is 34.1 Å². The number of nitro groups is 1. The average Bonchev–Trinajstić information content (AvgIpc) is 2.51. The van der Waals surface area contributed by atoms with Gasteiger partial charge in [0, 0.05) is 6.07 Å². The van der Waals surface area contributed by atoms with Gasteiger partial charge in [-0.1, -0.05) is 6.07 Å². The number of fused-ring (bicyclic) bond motifs is 1. The quantitative estimate of drug-likeness (QED) is 0.439. The summed E-state index contributed by atoms with van der Waals surface area (Å²) in [4.78, 5) is 43.6. The molecule has 0 saturated heterocycles. The fourth-order valence-electron chi connectivity index (χ4n) is 1.59. The molecule has 1 aromatic carbocycles. The molecule has 86 valence electrons. The highest BCUT2D eigenvalue weighted by Gasteiger charge is 2.44. The van der Waals surface area contributed by atoms with Crippen LogP contribution in [0.2, 0.25) is 0 Å². The zero-order valence-corrected chi connectivity index (χ0v) is 8.11. The minimum absolute atomic E-state index is 0.0440. The van der Waals surface area contributed by atoms with Gasteiger partial charge in [0.05, 0.1) is 10.5 Å². The summed E-state index contributed by atoms with van der Waals surface area (Å²) in [5, 5.41) is 19.3. The van der Waals surface area contributed by atoms with Gasteiger partial charge in [0.25, 0.3) is 17.5 Å². The molecule has 0 spiro atoms. The van der Waals surface area contributed by atoms with Gasteiger partial charge in [-0.15, -0.1) is 0 Å². The second kappa shape index (κ2) is 3.37. The standard InChI is InChI=1S/C9H4N2O6/c12-7-4-2-1-3-5(11(16)17)6(4)8(13)10(7)9(14)15/h1-3H,(H,14,15). The highest BCUT2D eigenvalue weighted by Crippen LogP contribution is 2.30. The molecule has 0 unspecified atom stereocenters. The van der Waals surface area contributed by atoms with Crippen LogP contribution in [0.3, 0.4) is 0 Å². The summed E-state index contributed by atoms with van der Waals surface area (Å²) >= 11 is 0. The van der Waals surface area contributed by atoms with Crippen molar-refractivity contribution in [2.45, 2.75) is 0 Å². The zero-order valence-electron chi connectivity index (χ0n) is 8.11. The van der Waals surface area contributed by atoms with Gasteiger partial charge in [-0.25, -0.2) is 4.79 Å². The van der Waals surface area contributed by atoms with E-state index in [1.807, 2.05) is 0 Å². The molecule has 0 aromatic heterocycles. The third-order valence-corrected chi connectivity index (χ3v) is 2.28. The Bertz CT molecular complexity index is 579.